The van der Waals surface area contributed by atoms with Gasteiger partial charge in [-0.2, -0.15) is 0 Å². The summed E-state index contributed by atoms with van der Waals surface area (Å²) < 4.78 is 12.7. The maximum absolute atomic E-state index is 5.31. The van der Waals surface area contributed by atoms with Crippen LogP contribution >= 0.6 is 0 Å². The molecule has 0 amide bonds. The van der Waals surface area contributed by atoms with Crippen LogP contribution in [0.15, 0.2) is 24.5 Å². The highest BCUT2D eigenvalue weighted by Crippen LogP contribution is 2.27. The first-order valence-corrected chi connectivity index (χ1v) is 6.31. The molecule has 1 N–H and O–H groups in total. The Bertz CT molecular complexity index is 570. The van der Waals surface area contributed by atoms with Crippen molar-refractivity contribution in [3.05, 3.63) is 35.9 Å². The summed E-state index contributed by atoms with van der Waals surface area (Å²) in [6.07, 6.45) is 2.85. The Balaban J connectivity index is 2.08. The van der Waals surface area contributed by atoms with E-state index in [9.17, 15) is 0 Å². The van der Waals surface area contributed by atoms with Crippen LogP contribution in [-0.4, -0.2) is 30.3 Å². The molecule has 0 bridgehead atoms. The van der Waals surface area contributed by atoms with Crippen LogP contribution < -0.4 is 14.8 Å². The van der Waals surface area contributed by atoms with E-state index in [0.717, 1.165) is 42.4 Å². The van der Waals surface area contributed by atoms with Crippen molar-refractivity contribution in [3.63, 3.8) is 0 Å². The van der Waals surface area contributed by atoms with Gasteiger partial charge in [0.2, 0.25) is 0 Å². The van der Waals surface area contributed by atoms with Crippen LogP contribution in [0.1, 0.15) is 11.4 Å². The molecule has 0 aliphatic carbocycles. The minimum atomic E-state index is 0.783. The lowest BCUT2D eigenvalue weighted by atomic mass is 10.1. The highest BCUT2D eigenvalue weighted by molar-refractivity contribution is 5.48. The molecule has 0 saturated carbocycles. The van der Waals surface area contributed by atoms with Gasteiger partial charge >= 0.3 is 0 Å². The van der Waals surface area contributed by atoms with Gasteiger partial charge in [-0.05, 0) is 0 Å². The topological polar surface area (TPSA) is 48.3 Å². The largest absolute Gasteiger partial charge is 0.497 e. The summed E-state index contributed by atoms with van der Waals surface area (Å²) in [6, 6.07) is 5.85. The first-order chi connectivity index (χ1) is 9.31. The van der Waals surface area contributed by atoms with E-state index >= 15 is 0 Å². The van der Waals surface area contributed by atoms with Gasteiger partial charge in [-0.3, -0.25) is 0 Å². The van der Waals surface area contributed by atoms with E-state index in [1.54, 1.807) is 14.2 Å². The predicted octanol–water partition coefficient (Wildman–Crippen LogP) is 1.54. The zero-order valence-corrected chi connectivity index (χ0v) is 11.1. The number of fused-ring (bicyclic) bond motifs is 1. The molecule has 1 aromatic carbocycles. The third-order valence-electron chi connectivity index (χ3n) is 3.40. The molecule has 2 heterocycles. The Morgan fingerprint density at radius 3 is 2.58 bits per heavy atom. The first-order valence-electron chi connectivity index (χ1n) is 6.31. The standard InChI is InChI=1S/C14H17N3O2/c1-18-11-5-10(6-12(7-11)19-2)17-9-16-13-8-15-4-3-14(13)17/h5-7,9,15H,3-4,8H2,1-2H3. The minimum absolute atomic E-state index is 0.783. The summed E-state index contributed by atoms with van der Waals surface area (Å²) in [6.45, 7) is 1.82. The first kappa shape index (κ1) is 12.0. The maximum atomic E-state index is 5.31. The number of rotatable bonds is 3. The van der Waals surface area contributed by atoms with Crippen molar-refractivity contribution in [2.75, 3.05) is 20.8 Å². The Kier molecular flexibility index (Phi) is 3.13. The van der Waals surface area contributed by atoms with Crippen molar-refractivity contribution < 1.29 is 9.47 Å². The minimum Gasteiger partial charge on any atom is -0.497 e. The van der Waals surface area contributed by atoms with E-state index in [2.05, 4.69) is 14.9 Å². The number of nitrogens with one attached hydrogen (secondary N) is 1. The molecule has 0 radical (unpaired) electrons. The van der Waals surface area contributed by atoms with Crippen molar-refractivity contribution in [1.82, 2.24) is 14.9 Å². The third kappa shape index (κ3) is 2.17. The summed E-state index contributed by atoms with van der Waals surface area (Å²) in [5.74, 6) is 1.57. The smallest absolute Gasteiger partial charge is 0.124 e. The van der Waals surface area contributed by atoms with E-state index in [4.69, 9.17) is 9.47 Å². The molecule has 5 nitrogen and oxygen atoms in total. The number of ether oxygens (including phenoxy) is 2. The SMILES string of the molecule is COc1cc(OC)cc(-n2cnc3c2CCNC3)c1. The van der Waals surface area contributed by atoms with Crippen LogP contribution in [0.4, 0.5) is 0 Å². The van der Waals surface area contributed by atoms with Crippen LogP contribution in [-0.2, 0) is 13.0 Å². The van der Waals surface area contributed by atoms with E-state index in [1.165, 1.54) is 5.69 Å². The zero-order chi connectivity index (χ0) is 13.2. The predicted molar refractivity (Wildman–Crippen MR) is 72.1 cm³/mol. The molecule has 5 heteroatoms. The summed E-state index contributed by atoms with van der Waals surface area (Å²) in [4.78, 5) is 4.46. The molecule has 100 valence electrons. The van der Waals surface area contributed by atoms with Crippen molar-refractivity contribution in [2.24, 2.45) is 0 Å². The van der Waals surface area contributed by atoms with Gasteiger partial charge < -0.3 is 19.4 Å². The van der Waals surface area contributed by atoms with Crippen LogP contribution in [0, 0.1) is 0 Å². The fourth-order valence-electron chi connectivity index (χ4n) is 2.39. The lowest BCUT2D eigenvalue weighted by Gasteiger charge is -2.16. The summed E-state index contributed by atoms with van der Waals surface area (Å²) in [5.41, 5.74) is 3.40. The third-order valence-corrected chi connectivity index (χ3v) is 3.40. The molecule has 0 fully saturated rings. The number of nitrogens with zero attached hydrogens (tertiary/aromatic N) is 2. The van der Waals surface area contributed by atoms with Crippen molar-refractivity contribution >= 4 is 0 Å². The fourth-order valence-corrected chi connectivity index (χ4v) is 2.39. The van der Waals surface area contributed by atoms with Gasteiger partial charge in [0, 0.05) is 43.4 Å². The highest BCUT2D eigenvalue weighted by atomic mass is 16.5. The Morgan fingerprint density at radius 2 is 1.89 bits per heavy atom. The van der Waals surface area contributed by atoms with Gasteiger partial charge in [0.15, 0.2) is 0 Å². The van der Waals surface area contributed by atoms with Crippen molar-refractivity contribution in [2.45, 2.75) is 13.0 Å². The van der Waals surface area contributed by atoms with E-state index in [-0.39, 0.29) is 0 Å². The molecule has 0 saturated heterocycles. The van der Waals surface area contributed by atoms with Crippen molar-refractivity contribution in [3.8, 4) is 17.2 Å². The van der Waals surface area contributed by atoms with Gasteiger partial charge in [-0.15, -0.1) is 0 Å². The van der Waals surface area contributed by atoms with E-state index in [1.807, 2.05) is 24.5 Å². The number of imidazole rings is 1. The van der Waals surface area contributed by atoms with Gasteiger partial charge in [0.05, 0.1) is 31.9 Å². The monoisotopic (exact) mass is 259 g/mol. The molecule has 3 rings (SSSR count). The number of benzene rings is 1. The molecule has 1 aliphatic heterocycles. The highest BCUT2D eigenvalue weighted by Gasteiger charge is 2.16. The van der Waals surface area contributed by atoms with Crippen molar-refractivity contribution in [1.29, 1.82) is 0 Å². The average molecular weight is 259 g/mol. The molecule has 2 aromatic rings. The fraction of sp³-hybridized carbons (Fsp3) is 0.357. The quantitative estimate of drug-likeness (QED) is 0.908. The second-order valence-corrected chi connectivity index (χ2v) is 4.51. The zero-order valence-electron chi connectivity index (χ0n) is 11.1. The molecular weight excluding hydrogens is 242 g/mol. The number of methoxy groups -OCH3 is 2. The van der Waals surface area contributed by atoms with E-state index < -0.39 is 0 Å². The van der Waals surface area contributed by atoms with Gasteiger partial charge in [0.25, 0.3) is 0 Å². The lowest BCUT2D eigenvalue weighted by Crippen LogP contribution is -2.24. The molecule has 0 spiro atoms. The Hall–Kier alpha value is -2.01. The van der Waals surface area contributed by atoms with E-state index in [0.29, 0.717) is 0 Å². The average Bonchev–Trinajstić information content (AvgIpc) is 2.90. The Morgan fingerprint density at radius 1 is 1.16 bits per heavy atom. The Labute approximate surface area is 112 Å². The number of hydrogen-bond acceptors (Lipinski definition) is 4. The molecule has 0 atom stereocenters. The maximum Gasteiger partial charge on any atom is 0.124 e. The molecule has 1 aromatic heterocycles. The summed E-state index contributed by atoms with van der Waals surface area (Å²) in [5, 5.41) is 3.33. The van der Waals surface area contributed by atoms with Gasteiger partial charge in [-0.25, -0.2) is 4.98 Å². The normalized spacial score (nSPS) is 14.0. The second kappa shape index (κ2) is 4.93. The van der Waals surface area contributed by atoms with Gasteiger partial charge in [-0.1, -0.05) is 0 Å². The van der Waals surface area contributed by atoms with Gasteiger partial charge in [0.1, 0.15) is 11.5 Å². The summed E-state index contributed by atoms with van der Waals surface area (Å²) >= 11 is 0. The van der Waals surface area contributed by atoms with Crippen LogP contribution in [0.25, 0.3) is 5.69 Å². The lowest BCUT2D eigenvalue weighted by molar-refractivity contribution is 0.394. The van der Waals surface area contributed by atoms with Crippen LogP contribution in [0.2, 0.25) is 0 Å². The summed E-state index contributed by atoms with van der Waals surface area (Å²) in [7, 11) is 3.32. The number of hydrogen-bond donors (Lipinski definition) is 1. The molecular formula is C14H17N3O2. The molecule has 0 unspecified atom stereocenters. The van der Waals surface area contributed by atoms with Crippen LogP contribution in [0.5, 0.6) is 11.5 Å². The molecule has 1 aliphatic rings. The molecule has 19 heavy (non-hydrogen) atoms. The second-order valence-electron chi connectivity index (χ2n) is 4.51. The van der Waals surface area contributed by atoms with Crippen LogP contribution in [0.3, 0.4) is 0 Å². The number of aromatic nitrogens is 2.